The number of pyridine rings is 1. The van der Waals surface area contributed by atoms with E-state index in [9.17, 15) is 13.2 Å². The number of nitrogens with one attached hydrogen (secondary N) is 2. The summed E-state index contributed by atoms with van der Waals surface area (Å²) in [5.74, 6) is 0.405. The van der Waals surface area contributed by atoms with E-state index in [-0.39, 0.29) is 11.6 Å². The molecular weight excluding hydrogens is 259 g/mol. The summed E-state index contributed by atoms with van der Waals surface area (Å²) in [6, 6.07) is 2.00. The highest BCUT2D eigenvalue weighted by Gasteiger charge is 2.31. The third-order valence-electron chi connectivity index (χ3n) is 2.32. The maximum Gasteiger partial charge on any atom is 0.416 e. The van der Waals surface area contributed by atoms with Crippen LogP contribution in [0.15, 0.2) is 12.1 Å². The Hall–Kier alpha value is -1.50. The molecule has 0 aliphatic heterocycles. The van der Waals surface area contributed by atoms with E-state index in [1.807, 2.05) is 6.92 Å². The van der Waals surface area contributed by atoms with Gasteiger partial charge in [-0.25, -0.2) is 4.98 Å². The van der Waals surface area contributed by atoms with E-state index in [0.29, 0.717) is 19.7 Å². The molecule has 1 rings (SSSR count). The lowest BCUT2D eigenvalue weighted by molar-refractivity contribution is -0.137. The zero-order valence-corrected chi connectivity index (χ0v) is 11.0. The van der Waals surface area contributed by atoms with Crippen molar-refractivity contribution in [3.8, 4) is 0 Å². The van der Waals surface area contributed by atoms with Crippen molar-refractivity contribution in [3.05, 3.63) is 17.7 Å². The van der Waals surface area contributed by atoms with E-state index >= 15 is 0 Å². The summed E-state index contributed by atoms with van der Waals surface area (Å²) < 4.78 is 43.1. The Morgan fingerprint density at radius 2 is 1.74 bits per heavy atom. The molecule has 0 amide bonds. The van der Waals surface area contributed by atoms with Crippen LogP contribution in [0.3, 0.4) is 0 Å². The number of hydrogen-bond acceptors (Lipinski definition) is 4. The highest BCUT2D eigenvalue weighted by atomic mass is 19.4. The van der Waals surface area contributed by atoms with Crippen molar-refractivity contribution in [2.75, 3.05) is 37.4 Å². The summed E-state index contributed by atoms with van der Waals surface area (Å²) in [5.41, 5.74) is -0.721. The number of rotatable bonds is 7. The highest BCUT2D eigenvalue weighted by molar-refractivity contribution is 5.49. The summed E-state index contributed by atoms with van der Waals surface area (Å²) in [4.78, 5) is 4.08. The number of hydrogen-bond donors (Lipinski definition) is 2. The molecule has 1 heterocycles. The first-order chi connectivity index (χ1) is 8.97. The Kier molecular flexibility index (Phi) is 5.88. The molecule has 0 aliphatic rings. The second-order valence-electron chi connectivity index (χ2n) is 3.97. The molecule has 1 aromatic heterocycles. The van der Waals surface area contributed by atoms with Gasteiger partial charge in [-0.2, -0.15) is 13.2 Å². The van der Waals surface area contributed by atoms with E-state index in [1.165, 1.54) is 7.11 Å². The molecule has 108 valence electrons. The molecule has 1 aromatic rings. The fraction of sp³-hybridized carbons (Fsp3) is 0.583. The van der Waals surface area contributed by atoms with Gasteiger partial charge in [0.1, 0.15) is 11.6 Å². The van der Waals surface area contributed by atoms with E-state index in [4.69, 9.17) is 4.74 Å². The SMILES string of the molecule is CCCNc1cc(C(F)(F)F)cc(NCCOC)n1. The van der Waals surface area contributed by atoms with Crippen LogP contribution in [0.2, 0.25) is 0 Å². The molecule has 2 N–H and O–H groups in total. The van der Waals surface area contributed by atoms with Crippen LogP contribution in [0.25, 0.3) is 0 Å². The third kappa shape index (κ3) is 5.34. The third-order valence-corrected chi connectivity index (χ3v) is 2.32. The van der Waals surface area contributed by atoms with Crippen LogP contribution in [0.1, 0.15) is 18.9 Å². The molecule has 0 unspecified atom stereocenters. The molecule has 4 nitrogen and oxygen atoms in total. The monoisotopic (exact) mass is 277 g/mol. The minimum Gasteiger partial charge on any atom is -0.383 e. The standard InChI is InChI=1S/C12H18F3N3O/c1-3-4-16-10-7-9(12(13,14)15)8-11(18-10)17-5-6-19-2/h7-8H,3-6H2,1-2H3,(H2,16,17,18). The van der Waals surface area contributed by atoms with Gasteiger partial charge in [0, 0.05) is 20.2 Å². The summed E-state index contributed by atoms with van der Waals surface area (Å²) in [6.07, 6.45) is -3.58. The van der Waals surface area contributed by atoms with Gasteiger partial charge in [0.25, 0.3) is 0 Å². The first kappa shape index (κ1) is 15.6. The zero-order valence-electron chi connectivity index (χ0n) is 11.0. The second kappa shape index (κ2) is 7.18. The summed E-state index contributed by atoms with van der Waals surface area (Å²) >= 11 is 0. The Labute approximate surface area is 110 Å². The number of aromatic nitrogens is 1. The van der Waals surface area contributed by atoms with Crippen molar-refractivity contribution < 1.29 is 17.9 Å². The molecule has 0 saturated heterocycles. The summed E-state index contributed by atoms with van der Waals surface area (Å²) in [5, 5.41) is 5.65. The molecule has 0 atom stereocenters. The van der Waals surface area contributed by atoms with Gasteiger partial charge in [0.2, 0.25) is 0 Å². The van der Waals surface area contributed by atoms with E-state index < -0.39 is 11.7 Å². The average molecular weight is 277 g/mol. The predicted molar refractivity (Wildman–Crippen MR) is 68.4 cm³/mol. The molecule has 7 heteroatoms. The Morgan fingerprint density at radius 3 is 2.21 bits per heavy atom. The smallest absolute Gasteiger partial charge is 0.383 e. The minimum atomic E-state index is -4.39. The first-order valence-electron chi connectivity index (χ1n) is 6.03. The van der Waals surface area contributed by atoms with Crippen molar-refractivity contribution in [3.63, 3.8) is 0 Å². The van der Waals surface area contributed by atoms with E-state index in [0.717, 1.165) is 18.6 Å². The second-order valence-corrected chi connectivity index (χ2v) is 3.97. The number of nitrogens with zero attached hydrogens (tertiary/aromatic N) is 1. The van der Waals surface area contributed by atoms with Crippen LogP contribution in [-0.2, 0) is 10.9 Å². The van der Waals surface area contributed by atoms with Crippen LogP contribution < -0.4 is 10.6 Å². The van der Waals surface area contributed by atoms with Crippen molar-refractivity contribution >= 4 is 11.6 Å². The van der Waals surface area contributed by atoms with Crippen LogP contribution >= 0.6 is 0 Å². The van der Waals surface area contributed by atoms with Gasteiger partial charge in [-0.15, -0.1) is 0 Å². The van der Waals surface area contributed by atoms with Crippen LogP contribution in [0, 0.1) is 0 Å². The van der Waals surface area contributed by atoms with Crippen LogP contribution in [0.5, 0.6) is 0 Å². The lowest BCUT2D eigenvalue weighted by Crippen LogP contribution is -2.13. The van der Waals surface area contributed by atoms with Crippen molar-refractivity contribution in [1.29, 1.82) is 0 Å². The Morgan fingerprint density at radius 1 is 1.16 bits per heavy atom. The largest absolute Gasteiger partial charge is 0.416 e. The number of alkyl halides is 3. The van der Waals surface area contributed by atoms with Crippen molar-refractivity contribution in [2.45, 2.75) is 19.5 Å². The number of halogens is 3. The first-order valence-corrected chi connectivity index (χ1v) is 6.03. The lowest BCUT2D eigenvalue weighted by Gasteiger charge is -2.13. The van der Waals surface area contributed by atoms with Gasteiger partial charge < -0.3 is 15.4 Å². The fourth-order valence-electron chi connectivity index (χ4n) is 1.41. The highest BCUT2D eigenvalue weighted by Crippen LogP contribution is 2.32. The normalized spacial score (nSPS) is 11.4. The maximum atomic E-state index is 12.8. The van der Waals surface area contributed by atoms with Gasteiger partial charge in [-0.05, 0) is 18.6 Å². The van der Waals surface area contributed by atoms with Gasteiger partial charge in [0.15, 0.2) is 0 Å². The minimum absolute atomic E-state index is 0.186. The Balaban J connectivity index is 2.89. The molecular formula is C12H18F3N3O. The predicted octanol–water partition coefficient (Wildman–Crippen LogP) is 2.98. The van der Waals surface area contributed by atoms with Crippen LogP contribution in [-0.4, -0.2) is 31.8 Å². The molecule has 0 aromatic carbocycles. The van der Waals surface area contributed by atoms with Crippen LogP contribution in [0.4, 0.5) is 24.8 Å². The number of methoxy groups -OCH3 is 1. The lowest BCUT2D eigenvalue weighted by atomic mass is 10.2. The summed E-state index contributed by atoms with van der Waals surface area (Å²) in [6.45, 7) is 3.30. The van der Waals surface area contributed by atoms with Crippen molar-refractivity contribution in [1.82, 2.24) is 4.98 Å². The van der Waals surface area contributed by atoms with E-state index in [1.54, 1.807) is 0 Å². The molecule has 0 fully saturated rings. The molecule has 0 bridgehead atoms. The maximum absolute atomic E-state index is 12.8. The van der Waals surface area contributed by atoms with Gasteiger partial charge in [0.05, 0.1) is 12.2 Å². The number of anilines is 2. The molecule has 0 aliphatic carbocycles. The summed E-state index contributed by atoms with van der Waals surface area (Å²) in [7, 11) is 1.52. The van der Waals surface area contributed by atoms with Gasteiger partial charge >= 0.3 is 6.18 Å². The quantitative estimate of drug-likeness (QED) is 0.752. The zero-order chi connectivity index (χ0) is 14.3. The Bertz CT molecular complexity index is 396. The topological polar surface area (TPSA) is 46.2 Å². The van der Waals surface area contributed by atoms with E-state index in [2.05, 4.69) is 15.6 Å². The average Bonchev–Trinajstić information content (AvgIpc) is 2.35. The molecule has 0 spiro atoms. The van der Waals surface area contributed by atoms with Gasteiger partial charge in [-0.1, -0.05) is 6.92 Å². The number of ether oxygens (including phenoxy) is 1. The van der Waals surface area contributed by atoms with Gasteiger partial charge in [-0.3, -0.25) is 0 Å². The van der Waals surface area contributed by atoms with Crippen molar-refractivity contribution in [2.24, 2.45) is 0 Å². The molecule has 19 heavy (non-hydrogen) atoms. The fourth-order valence-corrected chi connectivity index (χ4v) is 1.41. The molecule has 0 saturated carbocycles. The molecule has 0 radical (unpaired) electrons.